The van der Waals surface area contributed by atoms with Gasteiger partial charge < -0.3 is 4.74 Å². The predicted octanol–water partition coefficient (Wildman–Crippen LogP) is 2.21. The average molecular weight is 311 g/mol. The Morgan fingerprint density at radius 1 is 1.35 bits per heavy atom. The van der Waals surface area contributed by atoms with Crippen LogP contribution in [0.25, 0.3) is 5.69 Å². The van der Waals surface area contributed by atoms with Gasteiger partial charge in [0.25, 0.3) is 5.56 Å². The summed E-state index contributed by atoms with van der Waals surface area (Å²) in [6.45, 7) is 7.16. The average Bonchev–Trinajstić information content (AvgIpc) is 2.49. The molecule has 0 saturated carbocycles. The number of nitrogens with zero attached hydrogens (tertiary/aromatic N) is 3. The van der Waals surface area contributed by atoms with Crippen molar-refractivity contribution in [3.63, 3.8) is 0 Å². The lowest BCUT2D eigenvalue weighted by Crippen LogP contribution is -2.29. The summed E-state index contributed by atoms with van der Waals surface area (Å²) >= 11 is 0. The number of hydrogen-bond donors (Lipinski definition) is 0. The first-order chi connectivity index (χ1) is 10.9. The lowest BCUT2D eigenvalue weighted by Gasteiger charge is -2.13. The molecular weight excluding hydrogens is 294 g/mol. The lowest BCUT2D eigenvalue weighted by molar-refractivity contribution is 0.0516. The molecule has 0 bridgehead atoms. The van der Waals surface area contributed by atoms with Crippen molar-refractivity contribution in [3.05, 3.63) is 56.5 Å². The number of aromatic nitrogens is 2. The molecule has 0 fully saturated rings. The zero-order valence-corrected chi connectivity index (χ0v) is 13.5. The van der Waals surface area contributed by atoms with Crippen molar-refractivity contribution in [2.75, 3.05) is 6.61 Å². The number of rotatable bonds is 3. The van der Waals surface area contributed by atoms with Crippen LogP contribution in [0, 0.1) is 32.1 Å². The molecule has 6 nitrogen and oxygen atoms in total. The fourth-order valence-corrected chi connectivity index (χ4v) is 2.34. The van der Waals surface area contributed by atoms with Crippen LogP contribution in [0.2, 0.25) is 0 Å². The molecular formula is C17H17N3O3. The molecule has 118 valence electrons. The van der Waals surface area contributed by atoms with Gasteiger partial charge in [-0.05, 0) is 39.3 Å². The Labute approximate surface area is 133 Å². The van der Waals surface area contributed by atoms with Gasteiger partial charge in [-0.3, -0.25) is 4.79 Å². The maximum Gasteiger partial charge on any atom is 0.359 e. The van der Waals surface area contributed by atoms with Crippen LogP contribution >= 0.6 is 0 Å². The quantitative estimate of drug-likeness (QED) is 0.811. The first kappa shape index (κ1) is 16.4. The molecule has 1 aromatic carbocycles. The second-order valence-electron chi connectivity index (χ2n) is 5.19. The van der Waals surface area contributed by atoms with E-state index in [1.54, 1.807) is 13.0 Å². The van der Waals surface area contributed by atoms with Crippen molar-refractivity contribution in [1.82, 2.24) is 9.78 Å². The molecule has 0 spiro atoms. The van der Waals surface area contributed by atoms with E-state index >= 15 is 0 Å². The zero-order valence-electron chi connectivity index (χ0n) is 13.5. The predicted molar refractivity (Wildman–Crippen MR) is 84.7 cm³/mol. The molecule has 0 N–H and O–H groups in total. The monoisotopic (exact) mass is 311 g/mol. The lowest BCUT2D eigenvalue weighted by atomic mass is 10.1. The molecule has 1 heterocycles. The van der Waals surface area contributed by atoms with Gasteiger partial charge in [0, 0.05) is 5.56 Å². The molecule has 23 heavy (non-hydrogen) atoms. The fourth-order valence-electron chi connectivity index (χ4n) is 2.34. The summed E-state index contributed by atoms with van der Waals surface area (Å²) in [7, 11) is 0. The molecule has 0 radical (unpaired) electrons. The summed E-state index contributed by atoms with van der Waals surface area (Å²) in [6, 6.07) is 7.34. The summed E-state index contributed by atoms with van der Waals surface area (Å²) in [5.41, 5.74) is 1.94. The van der Waals surface area contributed by atoms with E-state index < -0.39 is 11.5 Å². The Hall–Kier alpha value is -2.94. The summed E-state index contributed by atoms with van der Waals surface area (Å²) in [5.74, 6) is -0.653. The van der Waals surface area contributed by atoms with Gasteiger partial charge in [0.15, 0.2) is 5.69 Å². The smallest absolute Gasteiger partial charge is 0.359 e. The summed E-state index contributed by atoms with van der Waals surface area (Å²) in [6.07, 6.45) is 0. The number of nitriles is 1. The van der Waals surface area contributed by atoms with Gasteiger partial charge >= 0.3 is 5.97 Å². The first-order valence-corrected chi connectivity index (χ1v) is 7.19. The third kappa shape index (κ3) is 2.99. The molecule has 0 saturated heterocycles. The van der Waals surface area contributed by atoms with E-state index in [0.29, 0.717) is 5.69 Å². The Balaban J connectivity index is 2.79. The van der Waals surface area contributed by atoms with Gasteiger partial charge in [-0.2, -0.15) is 15.0 Å². The van der Waals surface area contributed by atoms with Gasteiger partial charge in [-0.15, -0.1) is 0 Å². The van der Waals surface area contributed by atoms with E-state index in [2.05, 4.69) is 5.10 Å². The summed E-state index contributed by atoms with van der Waals surface area (Å²) in [5, 5.41) is 13.4. The van der Waals surface area contributed by atoms with Gasteiger partial charge in [-0.1, -0.05) is 17.7 Å². The minimum absolute atomic E-state index is 0.0250. The Morgan fingerprint density at radius 2 is 2.04 bits per heavy atom. The third-order valence-corrected chi connectivity index (χ3v) is 3.50. The highest BCUT2D eigenvalue weighted by atomic mass is 16.5. The standard InChI is InChI=1S/C17H17N3O3/c1-5-23-17(22)15-12(4)13(9-18)16(21)20(19-15)14-7-6-10(2)8-11(14)3/h6-8H,5H2,1-4H3. The van der Waals surface area contributed by atoms with E-state index in [9.17, 15) is 14.9 Å². The van der Waals surface area contributed by atoms with Crippen LogP contribution in [-0.2, 0) is 4.74 Å². The number of benzene rings is 1. The van der Waals surface area contributed by atoms with Crippen molar-refractivity contribution in [2.45, 2.75) is 27.7 Å². The van der Waals surface area contributed by atoms with Crippen LogP contribution in [-0.4, -0.2) is 22.4 Å². The topological polar surface area (TPSA) is 85.0 Å². The first-order valence-electron chi connectivity index (χ1n) is 7.19. The number of hydrogen-bond acceptors (Lipinski definition) is 5. The second kappa shape index (κ2) is 6.44. The Bertz CT molecular complexity index is 876. The van der Waals surface area contributed by atoms with E-state index in [0.717, 1.165) is 15.8 Å². The van der Waals surface area contributed by atoms with Crippen molar-refractivity contribution >= 4 is 5.97 Å². The molecule has 1 aromatic heterocycles. The van der Waals surface area contributed by atoms with Crippen LogP contribution in [0.3, 0.4) is 0 Å². The van der Waals surface area contributed by atoms with Crippen molar-refractivity contribution in [1.29, 1.82) is 5.26 Å². The van der Waals surface area contributed by atoms with E-state index in [-0.39, 0.29) is 23.4 Å². The van der Waals surface area contributed by atoms with E-state index in [1.165, 1.54) is 6.92 Å². The molecule has 0 aliphatic carbocycles. The molecule has 2 aromatic rings. The number of esters is 1. The molecule has 0 aliphatic rings. The molecule has 2 rings (SSSR count). The maximum atomic E-state index is 12.5. The van der Waals surface area contributed by atoms with Crippen molar-refractivity contribution in [2.24, 2.45) is 0 Å². The van der Waals surface area contributed by atoms with Crippen LogP contribution in [0.4, 0.5) is 0 Å². The molecule has 0 atom stereocenters. The highest BCUT2D eigenvalue weighted by Gasteiger charge is 2.21. The van der Waals surface area contributed by atoms with Crippen LogP contribution in [0.1, 0.15) is 39.7 Å². The van der Waals surface area contributed by atoms with E-state index in [1.807, 2.05) is 32.0 Å². The summed E-state index contributed by atoms with van der Waals surface area (Å²) < 4.78 is 6.05. The second-order valence-corrected chi connectivity index (χ2v) is 5.19. The highest BCUT2D eigenvalue weighted by Crippen LogP contribution is 2.16. The van der Waals surface area contributed by atoms with Gasteiger partial charge in [0.1, 0.15) is 11.6 Å². The van der Waals surface area contributed by atoms with Gasteiger partial charge in [-0.25, -0.2) is 4.79 Å². The normalized spacial score (nSPS) is 10.2. The van der Waals surface area contributed by atoms with Gasteiger partial charge in [0.05, 0.1) is 12.3 Å². The number of carbonyl (C=O) groups is 1. The Morgan fingerprint density at radius 3 is 2.61 bits per heavy atom. The fraction of sp³-hybridized carbons (Fsp3) is 0.294. The zero-order chi connectivity index (χ0) is 17.1. The highest BCUT2D eigenvalue weighted by molar-refractivity contribution is 5.89. The van der Waals surface area contributed by atoms with Crippen LogP contribution < -0.4 is 5.56 Å². The van der Waals surface area contributed by atoms with Crippen molar-refractivity contribution in [3.8, 4) is 11.8 Å². The summed E-state index contributed by atoms with van der Waals surface area (Å²) in [4.78, 5) is 24.6. The molecule has 0 unspecified atom stereocenters. The maximum absolute atomic E-state index is 12.5. The Kier molecular flexibility index (Phi) is 4.60. The van der Waals surface area contributed by atoms with Crippen LogP contribution in [0.15, 0.2) is 23.0 Å². The number of ether oxygens (including phenoxy) is 1. The third-order valence-electron chi connectivity index (χ3n) is 3.50. The minimum Gasteiger partial charge on any atom is -0.461 e. The molecule has 6 heteroatoms. The SMILES string of the molecule is CCOC(=O)c1nn(-c2ccc(C)cc2C)c(=O)c(C#N)c1C. The minimum atomic E-state index is -0.653. The molecule has 0 aliphatic heterocycles. The van der Waals surface area contributed by atoms with E-state index in [4.69, 9.17) is 4.74 Å². The van der Waals surface area contributed by atoms with Crippen LogP contribution in [0.5, 0.6) is 0 Å². The number of carbonyl (C=O) groups excluding carboxylic acids is 1. The number of aryl methyl sites for hydroxylation is 2. The largest absolute Gasteiger partial charge is 0.461 e. The molecule has 0 amide bonds. The van der Waals surface area contributed by atoms with Crippen molar-refractivity contribution < 1.29 is 9.53 Å². The van der Waals surface area contributed by atoms with Gasteiger partial charge in [0.2, 0.25) is 0 Å².